The van der Waals surface area contributed by atoms with Gasteiger partial charge in [0.2, 0.25) is 5.78 Å². The maximum Gasteiger partial charge on any atom is 0.261 e. The van der Waals surface area contributed by atoms with Crippen molar-refractivity contribution < 1.29 is 19.5 Å². The van der Waals surface area contributed by atoms with Gasteiger partial charge in [-0.3, -0.25) is 14.4 Å². The van der Waals surface area contributed by atoms with Gasteiger partial charge in [-0.1, -0.05) is 12.1 Å². The third kappa shape index (κ3) is 2.52. The first-order valence-electron chi connectivity index (χ1n) is 3.93. The molecule has 1 N–H and O–H groups in total. The minimum absolute atomic E-state index is 0.00272. The zero-order chi connectivity index (χ0) is 10.6. The Kier molecular flexibility index (Phi) is 3.12. The van der Waals surface area contributed by atoms with Crippen LogP contribution >= 0.6 is 0 Å². The molecule has 0 fully saturated rings. The quantitative estimate of drug-likeness (QED) is 0.422. The fourth-order valence-electron chi connectivity index (χ4n) is 0.952. The Labute approximate surface area is 80.2 Å². The minimum Gasteiger partial charge on any atom is -0.508 e. The highest BCUT2D eigenvalue weighted by Gasteiger charge is 2.12. The van der Waals surface area contributed by atoms with Crippen LogP contribution in [0.1, 0.15) is 5.56 Å². The van der Waals surface area contributed by atoms with Crippen molar-refractivity contribution in [1.29, 1.82) is 0 Å². The van der Waals surface area contributed by atoms with Crippen LogP contribution in [0.3, 0.4) is 0 Å². The maximum atomic E-state index is 11.0. The first kappa shape index (κ1) is 10.1. The molecule has 0 spiro atoms. The van der Waals surface area contributed by atoms with Crippen molar-refractivity contribution in [3.63, 3.8) is 0 Å². The van der Waals surface area contributed by atoms with Crippen molar-refractivity contribution in [1.82, 2.24) is 0 Å². The molecular weight excluding hydrogens is 184 g/mol. The van der Waals surface area contributed by atoms with Gasteiger partial charge in [0.25, 0.3) is 5.78 Å². The molecule has 0 aliphatic rings. The zero-order valence-electron chi connectivity index (χ0n) is 7.27. The second-order valence-corrected chi connectivity index (χ2v) is 2.75. The Bertz CT molecular complexity index is 364. The predicted molar refractivity (Wildman–Crippen MR) is 47.9 cm³/mol. The van der Waals surface area contributed by atoms with Gasteiger partial charge >= 0.3 is 0 Å². The highest BCUT2D eigenvalue weighted by atomic mass is 16.3. The van der Waals surface area contributed by atoms with Crippen molar-refractivity contribution in [3.05, 3.63) is 29.8 Å². The van der Waals surface area contributed by atoms with Crippen molar-refractivity contribution in [2.45, 2.75) is 6.42 Å². The maximum absolute atomic E-state index is 11.0. The van der Waals surface area contributed by atoms with Crippen LogP contribution in [0.2, 0.25) is 0 Å². The van der Waals surface area contributed by atoms with Crippen LogP contribution in [-0.2, 0) is 20.8 Å². The summed E-state index contributed by atoms with van der Waals surface area (Å²) in [6.07, 6.45) is -0.111. The van der Waals surface area contributed by atoms with Crippen LogP contribution in [0.5, 0.6) is 5.75 Å². The number of aldehydes is 1. The Morgan fingerprint density at radius 2 is 1.79 bits per heavy atom. The molecule has 14 heavy (non-hydrogen) atoms. The number of carbonyl (C=O) groups excluding carboxylic acids is 3. The van der Waals surface area contributed by atoms with Gasteiger partial charge in [0, 0.05) is 6.42 Å². The number of ketones is 2. The van der Waals surface area contributed by atoms with E-state index >= 15 is 0 Å². The molecule has 0 saturated heterocycles. The molecule has 72 valence electrons. The fourth-order valence-corrected chi connectivity index (χ4v) is 0.952. The number of hydrogen-bond donors (Lipinski definition) is 1. The van der Waals surface area contributed by atoms with Gasteiger partial charge in [-0.25, -0.2) is 0 Å². The van der Waals surface area contributed by atoms with Crippen LogP contribution in [0.4, 0.5) is 0 Å². The Balaban J connectivity index is 2.70. The lowest BCUT2D eigenvalue weighted by Crippen LogP contribution is -2.17. The molecule has 0 bridgehead atoms. The fraction of sp³-hybridized carbons (Fsp3) is 0.100. The summed E-state index contributed by atoms with van der Waals surface area (Å²) >= 11 is 0. The first-order chi connectivity index (χ1) is 6.63. The van der Waals surface area contributed by atoms with E-state index in [1.54, 1.807) is 0 Å². The third-order valence-corrected chi connectivity index (χ3v) is 1.68. The highest BCUT2D eigenvalue weighted by Crippen LogP contribution is 2.10. The van der Waals surface area contributed by atoms with E-state index in [1.165, 1.54) is 24.3 Å². The largest absolute Gasteiger partial charge is 0.508 e. The number of rotatable bonds is 4. The molecule has 0 saturated carbocycles. The molecule has 1 aromatic carbocycles. The van der Waals surface area contributed by atoms with Crippen molar-refractivity contribution in [2.24, 2.45) is 0 Å². The molecule has 0 heterocycles. The van der Waals surface area contributed by atoms with Crippen LogP contribution in [-0.4, -0.2) is 23.0 Å². The van der Waals surface area contributed by atoms with Gasteiger partial charge < -0.3 is 5.11 Å². The molecule has 0 aliphatic carbocycles. The number of aromatic hydroxyl groups is 1. The molecule has 1 rings (SSSR count). The van der Waals surface area contributed by atoms with Crippen LogP contribution in [0.25, 0.3) is 0 Å². The van der Waals surface area contributed by atoms with Crippen LogP contribution in [0, 0.1) is 0 Å². The smallest absolute Gasteiger partial charge is 0.261 e. The monoisotopic (exact) mass is 192 g/mol. The van der Waals surface area contributed by atoms with E-state index in [0.717, 1.165) is 0 Å². The summed E-state index contributed by atoms with van der Waals surface area (Å²) in [5, 5.41) is 8.94. The van der Waals surface area contributed by atoms with E-state index < -0.39 is 11.6 Å². The molecule has 1 aromatic rings. The number of phenols is 1. The number of hydrogen-bond acceptors (Lipinski definition) is 4. The molecule has 0 aliphatic heterocycles. The highest BCUT2D eigenvalue weighted by molar-refractivity contribution is 6.58. The number of Topliss-reactive ketones (excluding diaryl/α,β-unsaturated/α-hetero) is 2. The lowest BCUT2D eigenvalue weighted by atomic mass is 10.1. The van der Waals surface area contributed by atoms with Gasteiger partial charge in [0.05, 0.1) is 0 Å². The van der Waals surface area contributed by atoms with Gasteiger partial charge in [-0.2, -0.15) is 0 Å². The zero-order valence-corrected chi connectivity index (χ0v) is 7.27. The third-order valence-electron chi connectivity index (χ3n) is 1.68. The Morgan fingerprint density at radius 1 is 1.21 bits per heavy atom. The van der Waals surface area contributed by atoms with Gasteiger partial charge in [0.15, 0.2) is 6.29 Å². The summed E-state index contributed by atoms with van der Waals surface area (Å²) in [7, 11) is 0. The van der Waals surface area contributed by atoms with Crippen molar-refractivity contribution in [3.8, 4) is 5.75 Å². The lowest BCUT2D eigenvalue weighted by molar-refractivity contribution is -0.139. The summed E-state index contributed by atoms with van der Waals surface area (Å²) in [6, 6.07) is 5.86. The first-order valence-corrected chi connectivity index (χ1v) is 3.93. The van der Waals surface area contributed by atoms with Crippen LogP contribution in [0.15, 0.2) is 24.3 Å². The van der Waals surface area contributed by atoms with E-state index in [-0.39, 0.29) is 18.5 Å². The van der Waals surface area contributed by atoms with Gasteiger partial charge in [-0.05, 0) is 17.7 Å². The molecule has 4 nitrogen and oxygen atoms in total. The number of benzene rings is 1. The van der Waals surface area contributed by atoms with E-state index in [0.29, 0.717) is 5.56 Å². The molecule has 0 atom stereocenters. The standard InChI is InChI=1S/C10H8O4/c11-6-10(14)9(13)5-7-1-3-8(12)4-2-7/h1-4,6,12H,5H2. The Hall–Kier alpha value is -1.97. The molecule has 0 radical (unpaired) electrons. The lowest BCUT2D eigenvalue weighted by Gasteiger charge is -1.97. The summed E-state index contributed by atoms with van der Waals surface area (Å²) in [5.41, 5.74) is 0.586. The average molecular weight is 192 g/mol. The molecule has 4 heteroatoms. The van der Waals surface area contributed by atoms with Gasteiger partial charge in [-0.15, -0.1) is 0 Å². The van der Waals surface area contributed by atoms with E-state index in [4.69, 9.17) is 5.11 Å². The summed E-state index contributed by atoms with van der Waals surface area (Å²) < 4.78 is 0. The molecule has 0 aromatic heterocycles. The molecule has 0 amide bonds. The van der Waals surface area contributed by atoms with Crippen LogP contribution < -0.4 is 0 Å². The van der Waals surface area contributed by atoms with Crippen molar-refractivity contribution in [2.75, 3.05) is 0 Å². The minimum atomic E-state index is -1.03. The topological polar surface area (TPSA) is 71.4 Å². The molecular formula is C10H8O4. The van der Waals surface area contributed by atoms with E-state index in [1.807, 2.05) is 0 Å². The van der Waals surface area contributed by atoms with E-state index in [9.17, 15) is 14.4 Å². The average Bonchev–Trinajstić information content (AvgIpc) is 2.20. The second kappa shape index (κ2) is 4.32. The predicted octanol–water partition coefficient (Wildman–Crippen LogP) is 0.272. The summed E-state index contributed by atoms with van der Waals surface area (Å²) in [5.74, 6) is -1.69. The Morgan fingerprint density at radius 3 is 2.29 bits per heavy atom. The number of carbonyl (C=O) groups is 3. The van der Waals surface area contributed by atoms with E-state index in [2.05, 4.69) is 0 Å². The van der Waals surface area contributed by atoms with Gasteiger partial charge in [0.1, 0.15) is 5.75 Å². The normalized spacial score (nSPS) is 9.43. The second-order valence-electron chi connectivity index (χ2n) is 2.75. The van der Waals surface area contributed by atoms with Crippen molar-refractivity contribution >= 4 is 17.9 Å². The summed E-state index contributed by atoms with van der Waals surface area (Å²) in [6.45, 7) is 0. The number of phenolic OH excluding ortho intramolecular Hbond substituents is 1. The SMILES string of the molecule is O=CC(=O)C(=O)Cc1ccc(O)cc1. The summed E-state index contributed by atoms with van der Waals surface area (Å²) in [4.78, 5) is 31.6. The molecule has 0 unspecified atom stereocenters.